The van der Waals surface area contributed by atoms with Crippen molar-refractivity contribution in [3.8, 4) is 5.75 Å². The molecule has 1 aromatic rings. The summed E-state index contributed by atoms with van der Waals surface area (Å²) in [6.07, 6.45) is 3.13. The Morgan fingerprint density at radius 3 is 2.19 bits per heavy atom. The normalized spacial score (nSPS) is 23.0. The SMILES string of the molecule is CCCC1CCC(C(F)(F)Oc2ccc(CC)cc2)CC1. The molecule has 0 bridgehead atoms. The van der Waals surface area contributed by atoms with E-state index in [1.807, 2.05) is 19.1 Å². The highest BCUT2D eigenvalue weighted by molar-refractivity contribution is 5.27. The van der Waals surface area contributed by atoms with Crippen molar-refractivity contribution in [3.05, 3.63) is 29.8 Å². The van der Waals surface area contributed by atoms with E-state index in [4.69, 9.17) is 4.74 Å². The molecule has 1 saturated carbocycles. The van der Waals surface area contributed by atoms with E-state index >= 15 is 0 Å². The molecule has 2 rings (SSSR count). The van der Waals surface area contributed by atoms with Gasteiger partial charge in [0, 0.05) is 0 Å². The van der Waals surface area contributed by atoms with Crippen molar-refractivity contribution in [2.45, 2.75) is 64.9 Å². The first-order valence-corrected chi connectivity index (χ1v) is 8.21. The average Bonchev–Trinajstić information content (AvgIpc) is 2.48. The van der Waals surface area contributed by atoms with E-state index in [1.165, 1.54) is 0 Å². The molecule has 0 aromatic heterocycles. The Bertz CT molecular complexity index is 419. The second-order valence-corrected chi connectivity index (χ2v) is 6.17. The number of hydrogen-bond donors (Lipinski definition) is 0. The fraction of sp³-hybridized carbons (Fsp3) is 0.667. The summed E-state index contributed by atoms with van der Waals surface area (Å²) in [6, 6.07) is 7.00. The molecule has 3 heteroatoms. The lowest BCUT2D eigenvalue weighted by molar-refractivity contribution is -0.223. The third-order valence-electron chi connectivity index (χ3n) is 4.60. The van der Waals surface area contributed by atoms with Gasteiger partial charge in [0.15, 0.2) is 0 Å². The monoisotopic (exact) mass is 296 g/mol. The standard InChI is InChI=1S/C18H26F2O/c1-3-5-15-6-10-16(11-7-15)18(19,20)21-17-12-8-14(4-2)9-13-17/h8-9,12-13,15-16H,3-7,10-11H2,1-2H3. The van der Waals surface area contributed by atoms with Crippen LogP contribution in [0.1, 0.15) is 57.9 Å². The lowest BCUT2D eigenvalue weighted by atomic mass is 9.79. The van der Waals surface area contributed by atoms with E-state index in [0.29, 0.717) is 18.8 Å². The number of benzene rings is 1. The van der Waals surface area contributed by atoms with Gasteiger partial charge in [0.25, 0.3) is 0 Å². The van der Waals surface area contributed by atoms with Gasteiger partial charge in [-0.3, -0.25) is 0 Å². The maximum atomic E-state index is 14.3. The van der Waals surface area contributed by atoms with Crippen LogP contribution in [0, 0.1) is 11.8 Å². The van der Waals surface area contributed by atoms with Gasteiger partial charge in [-0.2, -0.15) is 8.78 Å². The lowest BCUT2D eigenvalue weighted by Crippen LogP contribution is -2.37. The molecule has 21 heavy (non-hydrogen) atoms. The van der Waals surface area contributed by atoms with E-state index in [1.54, 1.807) is 12.1 Å². The minimum Gasteiger partial charge on any atom is -0.432 e. The first kappa shape index (κ1) is 16.3. The van der Waals surface area contributed by atoms with Gasteiger partial charge in [-0.05, 0) is 55.7 Å². The predicted octanol–water partition coefficient (Wildman–Crippen LogP) is 5.83. The van der Waals surface area contributed by atoms with Crippen LogP contribution in [-0.2, 0) is 6.42 Å². The molecule has 0 unspecified atom stereocenters. The molecule has 0 heterocycles. The van der Waals surface area contributed by atoms with Gasteiger partial charge in [-0.1, -0.05) is 38.8 Å². The molecule has 1 nitrogen and oxygen atoms in total. The third kappa shape index (κ3) is 4.42. The number of alkyl halides is 2. The fourth-order valence-corrected chi connectivity index (χ4v) is 3.23. The van der Waals surface area contributed by atoms with Gasteiger partial charge in [-0.25, -0.2) is 0 Å². The van der Waals surface area contributed by atoms with Crippen molar-refractivity contribution in [1.82, 2.24) is 0 Å². The molecular weight excluding hydrogens is 270 g/mol. The van der Waals surface area contributed by atoms with Gasteiger partial charge >= 0.3 is 6.11 Å². The largest absolute Gasteiger partial charge is 0.432 e. The molecular formula is C18H26F2O. The van der Waals surface area contributed by atoms with Crippen molar-refractivity contribution in [2.24, 2.45) is 11.8 Å². The van der Waals surface area contributed by atoms with E-state index in [9.17, 15) is 8.78 Å². The molecule has 0 atom stereocenters. The minimum atomic E-state index is -3.05. The molecule has 1 aliphatic rings. The zero-order chi connectivity index (χ0) is 15.3. The Labute approximate surface area is 126 Å². The van der Waals surface area contributed by atoms with Crippen LogP contribution >= 0.6 is 0 Å². The second kappa shape index (κ2) is 7.24. The number of hydrogen-bond acceptors (Lipinski definition) is 1. The fourth-order valence-electron chi connectivity index (χ4n) is 3.23. The summed E-state index contributed by atoms with van der Waals surface area (Å²) in [7, 11) is 0. The first-order chi connectivity index (χ1) is 10.0. The number of aryl methyl sites for hydroxylation is 1. The smallest absolute Gasteiger partial charge is 0.400 e. The lowest BCUT2D eigenvalue weighted by Gasteiger charge is -2.33. The zero-order valence-electron chi connectivity index (χ0n) is 13.1. The Morgan fingerprint density at radius 1 is 1.05 bits per heavy atom. The molecule has 1 fully saturated rings. The molecule has 0 aliphatic heterocycles. The Hall–Kier alpha value is -1.12. The number of halogens is 2. The van der Waals surface area contributed by atoms with Crippen molar-refractivity contribution < 1.29 is 13.5 Å². The minimum absolute atomic E-state index is 0.271. The van der Waals surface area contributed by atoms with Gasteiger partial charge in [0.2, 0.25) is 0 Å². The quantitative estimate of drug-likeness (QED) is 0.642. The van der Waals surface area contributed by atoms with Crippen LogP contribution in [-0.4, -0.2) is 6.11 Å². The van der Waals surface area contributed by atoms with Crippen LogP contribution in [0.25, 0.3) is 0 Å². The van der Waals surface area contributed by atoms with Gasteiger partial charge < -0.3 is 4.74 Å². The van der Waals surface area contributed by atoms with Gasteiger partial charge in [0.05, 0.1) is 5.92 Å². The second-order valence-electron chi connectivity index (χ2n) is 6.17. The molecule has 0 N–H and O–H groups in total. The summed E-state index contributed by atoms with van der Waals surface area (Å²) in [5.41, 5.74) is 1.13. The topological polar surface area (TPSA) is 9.23 Å². The van der Waals surface area contributed by atoms with E-state index in [0.717, 1.165) is 37.7 Å². The Balaban J connectivity index is 1.91. The highest BCUT2D eigenvalue weighted by Crippen LogP contribution is 2.41. The molecule has 0 radical (unpaired) electrons. The highest BCUT2D eigenvalue weighted by atomic mass is 19.3. The molecule has 0 spiro atoms. The van der Waals surface area contributed by atoms with Crippen molar-refractivity contribution in [2.75, 3.05) is 0 Å². The summed E-state index contributed by atoms with van der Waals surface area (Å²) in [4.78, 5) is 0. The molecule has 118 valence electrons. The summed E-state index contributed by atoms with van der Waals surface area (Å²) in [5, 5.41) is 0. The van der Waals surface area contributed by atoms with Crippen LogP contribution in [0.2, 0.25) is 0 Å². The van der Waals surface area contributed by atoms with Gasteiger partial charge in [-0.15, -0.1) is 0 Å². The van der Waals surface area contributed by atoms with Crippen LogP contribution in [0.5, 0.6) is 5.75 Å². The first-order valence-electron chi connectivity index (χ1n) is 8.21. The van der Waals surface area contributed by atoms with Crippen LogP contribution in [0.4, 0.5) is 8.78 Å². The molecule has 0 saturated heterocycles. The molecule has 1 aliphatic carbocycles. The van der Waals surface area contributed by atoms with Gasteiger partial charge in [0.1, 0.15) is 5.75 Å². The predicted molar refractivity (Wildman–Crippen MR) is 81.8 cm³/mol. The van der Waals surface area contributed by atoms with Crippen molar-refractivity contribution in [3.63, 3.8) is 0 Å². The van der Waals surface area contributed by atoms with E-state index in [2.05, 4.69) is 6.92 Å². The molecule has 1 aromatic carbocycles. The van der Waals surface area contributed by atoms with E-state index < -0.39 is 12.0 Å². The Morgan fingerprint density at radius 2 is 1.67 bits per heavy atom. The summed E-state index contributed by atoms with van der Waals surface area (Å²) in [5.74, 6) is 0.259. The maximum Gasteiger partial charge on any atom is 0.400 e. The van der Waals surface area contributed by atoms with Crippen molar-refractivity contribution >= 4 is 0 Å². The number of ether oxygens (including phenoxy) is 1. The van der Waals surface area contributed by atoms with Crippen LogP contribution < -0.4 is 4.74 Å². The van der Waals surface area contributed by atoms with Crippen LogP contribution in [0.15, 0.2) is 24.3 Å². The summed E-state index contributed by atoms with van der Waals surface area (Å²) >= 11 is 0. The van der Waals surface area contributed by atoms with Crippen LogP contribution in [0.3, 0.4) is 0 Å². The Kier molecular flexibility index (Phi) is 5.60. The highest BCUT2D eigenvalue weighted by Gasteiger charge is 2.43. The van der Waals surface area contributed by atoms with Crippen molar-refractivity contribution in [1.29, 1.82) is 0 Å². The van der Waals surface area contributed by atoms with E-state index in [-0.39, 0.29) is 5.75 Å². The average molecular weight is 296 g/mol. The maximum absolute atomic E-state index is 14.3. The third-order valence-corrected chi connectivity index (χ3v) is 4.60. The number of rotatable bonds is 6. The molecule has 0 amide bonds. The summed E-state index contributed by atoms with van der Waals surface area (Å²) in [6.45, 7) is 4.20. The zero-order valence-corrected chi connectivity index (χ0v) is 13.1. The summed E-state index contributed by atoms with van der Waals surface area (Å²) < 4.78 is 33.5.